The van der Waals surface area contributed by atoms with Gasteiger partial charge in [0.1, 0.15) is 16.4 Å². The zero-order valence-corrected chi connectivity index (χ0v) is 20.2. The van der Waals surface area contributed by atoms with Crippen LogP contribution in [0.2, 0.25) is 0 Å². The Hall–Kier alpha value is -3.52. The first-order valence-corrected chi connectivity index (χ1v) is 12.4. The summed E-state index contributed by atoms with van der Waals surface area (Å²) in [7, 11) is 0. The molecule has 182 valence electrons. The van der Waals surface area contributed by atoms with E-state index in [1.807, 2.05) is 30.3 Å². The van der Waals surface area contributed by atoms with E-state index in [2.05, 4.69) is 5.32 Å². The van der Waals surface area contributed by atoms with E-state index in [0.717, 1.165) is 18.4 Å². The lowest BCUT2D eigenvalue weighted by molar-refractivity contribution is -0.153. The van der Waals surface area contributed by atoms with Crippen molar-refractivity contribution in [2.45, 2.75) is 38.0 Å². The first-order chi connectivity index (χ1) is 16.9. The Labute approximate surface area is 207 Å². The van der Waals surface area contributed by atoms with Crippen LogP contribution in [-0.4, -0.2) is 31.1 Å². The van der Waals surface area contributed by atoms with Crippen molar-refractivity contribution in [3.05, 3.63) is 76.9 Å². The number of benzene rings is 2. The molecule has 4 rings (SSSR count). The summed E-state index contributed by atoms with van der Waals surface area (Å²) in [5.74, 6) is -1.98. The van der Waals surface area contributed by atoms with Crippen LogP contribution in [0.1, 0.15) is 48.5 Å². The number of carbonyl (C=O) groups excluding carboxylic acids is 3. The average Bonchev–Trinajstić information content (AvgIpc) is 3.52. The second-order valence-corrected chi connectivity index (χ2v) is 9.24. The van der Waals surface area contributed by atoms with Gasteiger partial charge in [-0.25, -0.2) is 9.18 Å². The molecule has 0 atom stereocenters. The summed E-state index contributed by atoms with van der Waals surface area (Å²) in [5, 5.41) is 4.81. The summed E-state index contributed by atoms with van der Waals surface area (Å²) in [4.78, 5) is 38.5. The third kappa shape index (κ3) is 5.27. The summed E-state index contributed by atoms with van der Waals surface area (Å²) >= 11 is 1.20. The van der Waals surface area contributed by atoms with Crippen molar-refractivity contribution < 1.29 is 28.2 Å². The summed E-state index contributed by atoms with van der Waals surface area (Å²) in [5.41, 5.74) is 1.55. The fraction of sp³-hybridized carbons (Fsp3) is 0.296. The maximum absolute atomic E-state index is 13.4. The van der Waals surface area contributed by atoms with Gasteiger partial charge in [0.2, 0.25) is 0 Å². The minimum Gasteiger partial charge on any atom is -0.462 e. The molecule has 8 heteroatoms. The van der Waals surface area contributed by atoms with Gasteiger partial charge in [-0.1, -0.05) is 55.3 Å². The molecular formula is C27H26FNO5S. The largest absolute Gasteiger partial charge is 0.462 e. The van der Waals surface area contributed by atoms with Gasteiger partial charge in [0.25, 0.3) is 5.91 Å². The Morgan fingerprint density at radius 3 is 2.34 bits per heavy atom. The maximum Gasteiger partial charge on any atom is 0.341 e. The average molecular weight is 496 g/mol. The highest BCUT2D eigenvalue weighted by molar-refractivity contribution is 7.15. The van der Waals surface area contributed by atoms with Crippen molar-refractivity contribution in [2.75, 3.05) is 18.5 Å². The van der Waals surface area contributed by atoms with Crippen LogP contribution in [0, 0.1) is 5.82 Å². The third-order valence-corrected chi connectivity index (χ3v) is 7.08. The zero-order chi connectivity index (χ0) is 24.8. The molecule has 35 heavy (non-hydrogen) atoms. The van der Waals surface area contributed by atoms with E-state index >= 15 is 0 Å². The van der Waals surface area contributed by atoms with E-state index in [-0.39, 0.29) is 18.0 Å². The third-order valence-electron chi connectivity index (χ3n) is 6.19. The molecule has 1 amide bonds. The molecule has 0 radical (unpaired) electrons. The minimum absolute atomic E-state index is 0.194. The number of esters is 2. The molecule has 0 bridgehead atoms. The second kappa shape index (κ2) is 10.8. The topological polar surface area (TPSA) is 81.7 Å². The van der Waals surface area contributed by atoms with Crippen LogP contribution in [0.25, 0.3) is 11.1 Å². The Morgan fingerprint density at radius 2 is 1.69 bits per heavy atom. The highest BCUT2D eigenvalue weighted by atomic mass is 32.1. The van der Waals surface area contributed by atoms with E-state index in [1.165, 1.54) is 23.5 Å². The number of hydrogen-bond acceptors (Lipinski definition) is 6. The number of ether oxygens (including phenoxy) is 2. The van der Waals surface area contributed by atoms with Gasteiger partial charge in [-0.3, -0.25) is 9.59 Å². The monoisotopic (exact) mass is 495 g/mol. The molecule has 6 nitrogen and oxygen atoms in total. The van der Waals surface area contributed by atoms with E-state index in [0.29, 0.717) is 29.0 Å². The van der Waals surface area contributed by atoms with Gasteiger partial charge < -0.3 is 14.8 Å². The molecule has 1 heterocycles. The Balaban J connectivity index is 1.48. The fourth-order valence-corrected chi connectivity index (χ4v) is 5.45. The SMILES string of the molecule is CCOC(=O)c1c(-c2ccccc2)csc1NC(=O)COC(=O)C1(c2ccc(F)cc2)CCCC1. The van der Waals surface area contributed by atoms with Gasteiger partial charge in [-0.05, 0) is 43.0 Å². The predicted molar refractivity (Wildman–Crippen MR) is 132 cm³/mol. The number of amides is 1. The van der Waals surface area contributed by atoms with E-state index in [4.69, 9.17) is 9.47 Å². The molecule has 0 saturated heterocycles. The lowest BCUT2D eigenvalue weighted by Crippen LogP contribution is -2.36. The van der Waals surface area contributed by atoms with E-state index in [1.54, 1.807) is 24.4 Å². The standard InChI is InChI=1S/C27H26FNO5S/c1-2-33-25(31)23-21(18-8-4-3-5-9-18)17-35-24(23)29-22(30)16-34-26(32)27(14-6-7-15-27)19-10-12-20(28)13-11-19/h3-5,8-13,17H,2,6-7,14-16H2,1H3,(H,29,30). The van der Waals surface area contributed by atoms with E-state index in [9.17, 15) is 18.8 Å². The summed E-state index contributed by atoms with van der Waals surface area (Å²) < 4.78 is 24.0. The van der Waals surface area contributed by atoms with Gasteiger partial charge in [0, 0.05) is 10.9 Å². The van der Waals surface area contributed by atoms with E-state index < -0.39 is 29.9 Å². The van der Waals surface area contributed by atoms with Crippen molar-refractivity contribution >= 4 is 34.2 Å². The molecule has 1 aliphatic carbocycles. The molecule has 0 unspecified atom stereocenters. The number of rotatable bonds is 8. The van der Waals surface area contributed by atoms with Crippen LogP contribution < -0.4 is 5.32 Å². The van der Waals surface area contributed by atoms with Gasteiger partial charge in [-0.2, -0.15) is 0 Å². The number of thiophene rings is 1. The normalized spacial score (nSPS) is 14.3. The van der Waals surface area contributed by atoms with Crippen LogP contribution in [-0.2, 0) is 24.5 Å². The second-order valence-electron chi connectivity index (χ2n) is 8.36. The van der Waals surface area contributed by atoms with Crippen molar-refractivity contribution in [2.24, 2.45) is 0 Å². The van der Waals surface area contributed by atoms with Crippen LogP contribution in [0.4, 0.5) is 9.39 Å². The van der Waals surface area contributed by atoms with Crippen molar-refractivity contribution in [3.63, 3.8) is 0 Å². The number of nitrogens with one attached hydrogen (secondary N) is 1. The molecule has 0 aliphatic heterocycles. The highest BCUT2D eigenvalue weighted by Gasteiger charge is 2.44. The Bertz CT molecular complexity index is 1200. The molecule has 1 fully saturated rings. The summed E-state index contributed by atoms with van der Waals surface area (Å²) in [6.07, 6.45) is 2.85. The molecule has 3 aromatic rings. The first-order valence-electron chi connectivity index (χ1n) is 11.5. The first kappa shape index (κ1) is 24.6. The molecule has 2 aromatic carbocycles. The molecule has 1 saturated carbocycles. The predicted octanol–water partition coefficient (Wildman–Crippen LogP) is 5.72. The molecule has 0 spiro atoms. The smallest absolute Gasteiger partial charge is 0.341 e. The lowest BCUT2D eigenvalue weighted by atomic mass is 9.79. The van der Waals surface area contributed by atoms with Gasteiger partial charge >= 0.3 is 11.9 Å². The fourth-order valence-electron chi connectivity index (χ4n) is 4.48. The van der Waals surface area contributed by atoms with Crippen LogP contribution in [0.5, 0.6) is 0 Å². The lowest BCUT2D eigenvalue weighted by Gasteiger charge is -2.27. The number of carbonyl (C=O) groups is 3. The van der Waals surface area contributed by atoms with Crippen LogP contribution in [0.15, 0.2) is 60.0 Å². The van der Waals surface area contributed by atoms with Gasteiger partial charge in [0.15, 0.2) is 6.61 Å². The number of halogens is 1. The highest BCUT2D eigenvalue weighted by Crippen LogP contribution is 2.42. The quantitative estimate of drug-likeness (QED) is 0.404. The molecule has 1 N–H and O–H groups in total. The molecule has 1 aromatic heterocycles. The van der Waals surface area contributed by atoms with Crippen molar-refractivity contribution in [1.82, 2.24) is 0 Å². The Morgan fingerprint density at radius 1 is 1.00 bits per heavy atom. The van der Waals surface area contributed by atoms with Crippen LogP contribution in [0.3, 0.4) is 0 Å². The van der Waals surface area contributed by atoms with Gasteiger partial charge in [0.05, 0.1) is 12.0 Å². The summed E-state index contributed by atoms with van der Waals surface area (Å²) in [6, 6.07) is 15.2. The molecule has 1 aliphatic rings. The number of hydrogen-bond donors (Lipinski definition) is 1. The van der Waals surface area contributed by atoms with Crippen molar-refractivity contribution in [1.29, 1.82) is 0 Å². The minimum atomic E-state index is -0.881. The van der Waals surface area contributed by atoms with Crippen molar-refractivity contribution in [3.8, 4) is 11.1 Å². The Kier molecular flexibility index (Phi) is 7.60. The number of anilines is 1. The molecular weight excluding hydrogens is 469 g/mol. The summed E-state index contributed by atoms with van der Waals surface area (Å²) in [6.45, 7) is 1.41. The zero-order valence-electron chi connectivity index (χ0n) is 19.3. The van der Waals surface area contributed by atoms with Gasteiger partial charge in [-0.15, -0.1) is 11.3 Å². The van der Waals surface area contributed by atoms with Crippen LogP contribution >= 0.6 is 11.3 Å². The maximum atomic E-state index is 13.4.